The van der Waals surface area contributed by atoms with E-state index in [0.717, 1.165) is 0 Å². The highest BCUT2D eigenvalue weighted by atomic mass is 35.5. The predicted molar refractivity (Wildman–Crippen MR) is 115 cm³/mol. The summed E-state index contributed by atoms with van der Waals surface area (Å²) in [4.78, 5) is 12.8. The van der Waals surface area contributed by atoms with Gasteiger partial charge in [-0.15, -0.1) is 0 Å². The van der Waals surface area contributed by atoms with Crippen LogP contribution < -0.4 is 5.32 Å². The monoisotopic (exact) mass is 448 g/mol. The van der Waals surface area contributed by atoms with Crippen molar-refractivity contribution in [3.63, 3.8) is 0 Å². The molecule has 8 heteroatoms. The van der Waals surface area contributed by atoms with Gasteiger partial charge in [0.15, 0.2) is 0 Å². The first kappa shape index (κ1) is 23.5. The molecule has 2 rings (SSSR count). The third-order valence-corrected chi connectivity index (χ3v) is 7.63. The van der Waals surface area contributed by atoms with Crippen LogP contribution in [0.15, 0.2) is 18.2 Å². The fourth-order valence-electron chi connectivity index (χ4n) is 3.72. The summed E-state index contributed by atoms with van der Waals surface area (Å²) in [5.74, 6) is 0.0534. The van der Waals surface area contributed by atoms with Gasteiger partial charge in [0.05, 0.1) is 11.7 Å². The molecule has 1 aromatic carbocycles. The van der Waals surface area contributed by atoms with Crippen molar-refractivity contribution in [3.05, 3.63) is 33.8 Å². The van der Waals surface area contributed by atoms with Crippen LogP contribution in [-0.4, -0.2) is 37.8 Å². The average molecular weight is 449 g/mol. The second kappa shape index (κ2) is 9.79. The maximum absolute atomic E-state index is 12.9. The number of hydrogen-bond donors (Lipinski definition) is 1. The van der Waals surface area contributed by atoms with Crippen LogP contribution in [0.25, 0.3) is 0 Å². The van der Waals surface area contributed by atoms with Crippen molar-refractivity contribution in [2.75, 3.05) is 13.1 Å². The highest BCUT2D eigenvalue weighted by molar-refractivity contribution is 7.88. The van der Waals surface area contributed by atoms with Gasteiger partial charge in [0, 0.05) is 29.2 Å². The van der Waals surface area contributed by atoms with Gasteiger partial charge >= 0.3 is 0 Å². The fraction of sp³-hybridized carbons (Fsp3) is 0.650. The highest BCUT2D eigenvalue weighted by Gasteiger charge is 2.34. The maximum Gasteiger partial charge on any atom is 0.224 e. The maximum atomic E-state index is 12.9. The Hall–Kier alpha value is -0.820. The number of halogens is 2. The topological polar surface area (TPSA) is 66.5 Å². The van der Waals surface area contributed by atoms with Crippen LogP contribution >= 0.6 is 23.2 Å². The van der Waals surface area contributed by atoms with Gasteiger partial charge in [0.1, 0.15) is 0 Å². The number of hydrogen-bond acceptors (Lipinski definition) is 3. The number of benzene rings is 1. The van der Waals surface area contributed by atoms with Crippen LogP contribution in [0.1, 0.15) is 46.1 Å². The van der Waals surface area contributed by atoms with E-state index in [0.29, 0.717) is 46.8 Å². The van der Waals surface area contributed by atoms with Gasteiger partial charge in [0.25, 0.3) is 0 Å². The van der Waals surface area contributed by atoms with Crippen molar-refractivity contribution < 1.29 is 13.2 Å². The third kappa shape index (κ3) is 6.09. The van der Waals surface area contributed by atoms with E-state index in [-0.39, 0.29) is 30.2 Å². The summed E-state index contributed by atoms with van der Waals surface area (Å²) in [7, 11) is -3.57. The fourth-order valence-corrected chi connectivity index (χ4v) is 5.92. The van der Waals surface area contributed by atoms with Gasteiger partial charge in [-0.3, -0.25) is 4.79 Å². The number of sulfonamides is 1. The van der Waals surface area contributed by atoms with Gasteiger partial charge < -0.3 is 5.32 Å². The Labute approximate surface area is 178 Å². The molecule has 0 bridgehead atoms. The van der Waals surface area contributed by atoms with E-state index in [1.54, 1.807) is 18.2 Å². The Morgan fingerprint density at radius 3 is 2.43 bits per heavy atom. The normalized spacial score (nSPS) is 18.8. The number of nitrogens with zero attached hydrogens (tertiary/aromatic N) is 1. The second-order valence-electron chi connectivity index (χ2n) is 8.21. The molecule has 28 heavy (non-hydrogen) atoms. The van der Waals surface area contributed by atoms with Crippen molar-refractivity contribution in [2.45, 2.75) is 52.3 Å². The molecule has 1 heterocycles. The summed E-state index contributed by atoms with van der Waals surface area (Å²) in [5.41, 5.74) is 0.511. The van der Waals surface area contributed by atoms with Crippen molar-refractivity contribution >= 4 is 39.1 Å². The molecule has 0 aliphatic carbocycles. The summed E-state index contributed by atoms with van der Waals surface area (Å²) >= 11 is 12.0. The van der Waals surface area contributed by atoms with Crippen LogP contribution in [-0.2, 0) is 20.6 Å². The van der Waals surface area contributed by atoms with Crippen molar-refractivity contribution in [1.29, 1.82) is 0 Å². The molecule has 5 nitrogen and oxygen atoms in total. The molecule has 1 aliphatic heterocycles. The molecule has 1 aliphatic rings. The zero-order valence-corrected chi connectivity index (χ0v) is 19.2. The number of carbonyl (C=O) groups excluding carboxylic acids is 1. The minimum Gasteiger partial charge on any atom is -0.353 e. The molecule has 158 valence electrons. The Kier molecular flexibility index (Phi) is 8.20. The second-order valence-corrected chi connectivity index (χ2v) is 11.0. The van der Waals surface area contributed by atoms with Crippen LogP contribution in [0.3, 0.4) is 0 Å². The van der Waals surface area contributed by atoms with Gasteiger partial charge in [0.2, 0.25) is 15.9 Å². The molecule has 0 radical (unpaired) electrons. The molecule has 1 atom stereocenters. The summed E-state index contributed by atoms with van der Waals surface area (Å²) < 4.78 is 27.2. The summed E-state index contributed by atoms with van der Waals surface area (Å²) in [6.45, 7) is 8.96. The number of amides is 1. The lowest BCUT2D eigenvalue weighted by atomic mass is 9.91. The van der Waals surface area contributed by atoms with Crippen LogP contribution in [0.4, 0.5) is 0 Å². The standard InChI is InChI=1S/C20H30Cl2N2O3S/c1-13(2)19(14(3)4)23-20(25)15-6-5-9-24(11-15)28(26,27)12-16-7-8-17(21)10-18(16)22/h7-8,10,13-15,19H,5-6,9,11-12H2,1-4H3,(H,23,25). The SMILES string of the molecule is CC(C)C(NC(=O)C1CCCN(S(=O)(=O)Cc2ccc(Cl)cc2Cl)C1)C(C)C. The molecule has 1 aromatic rings. The van der Waals surface area contributed by atoms with Gasteiger partial charge in [-0.05, 0) is 42.4 Å². The predicted octanol–water partition coefficient (Wildman–Crippen LogP) is 4.33. The molecule has 1 unspecified atom stereocenters. The zero-order chi connectivity index (χ0) is 21.1. The number of rotatable bonds is 7. The Morgan fingerprint density at radius 1 is 1.21 bits per heavy atom. The van der Waals surface area contributed by atoms with Gasteiger partial charge in [-0.2, -0.15) is 0 Å². The van der Waals surface area contributed by atoms with E-state index in [4.69, 9.17) is 23.2 Å². The first-order valence-electron chi connectivity index (χ1n) is 9.73. The quantitative estimate of drug-likeness (QED) is 0.674. The number of nitrogens with one attached hydrogen (secondary N) is 1. The largest absolute Gasteiger partial charge is 0.353 e. The minimum absolute atomic E-state index is 0.0585. The zero-order valence-electron chi connectivity index (χ0n) is 16.9. The van der Waals surface area contributed by atoms with Crippen molar-refractivity contribution in [1.82, 2.24) is 9.62 Å². The van der Waals surface area contributed by atoms with E-state index < -0.39 is 10.0 Å². The smallest absolute Gasteiger partial charge is 0.224 e. The molecule has 1 amide bonds. The van der Waals surface area contributed by atoms with Gasteiger partial charge in [-0.1, -0.05) is 57.0 Å². The molecular formula is C20H30Cl2N2O3S. The first-order valence-corrected chi connectivity index (χ1v) is 12.1. The van der Waals surface area contributed by atoms with Crippen LogP contribution in [0.5, 0.6) is 0 Å². The van der Waals surface area contributed by atoms with Crippen LogP contribution in [0.2, 0.25) is 10.0 Å². The van der Waals surface area contributed by atoms with E-state index >= 15 is 0 Å². The first-order chi connectivity index (χ1) is 13.0. The Bertz CT molecular complexity index is 789. The van der Waals surface area contributed by atoms with Gasteiger partial charge in [-0.25, -0.2) is 12.7 Å². The molecular weight excluding hydrogens is 419 g/mol. The van der Waals surface area contributed by atoms with E-state index in [1.165, 1.54) is 4.31 Å². The average Bonchev–Trinajstić information content (AvgIpc) is 2.61. The number of carbonyl (C=O) groups is 1. The summed E-state index contributed by atoms with van der Waals surface area (Å²) in [6, 6.07) is 4.88. The Balaban J connectivity index is 2.07. The molecule has 1 N–H and O–H groups in total. The molecule has 1 saturated heterocycles. The van der Waals surface area contributed by atoms with Crippen LogP contribution in [0, 0.1) is 17.8 Å². The van der Waals surface area contributed by atoms with E-state index in [1.807, 2.05) is 0 Å². The van der Waals surface area contributed by atoms with E-state index in [2.05, 4.69) is 33.0 Å². The molecule has 0 saturated carbocycles. The number of piperidine rings is 1. The van der Waals surface area contributed by atoms with Crippen molar-refractivity contribution in [3.8, 4) is 0 Å². The molecule has 1 fully saturated rings. The highest BCUT2D eigenvalue weighted by Crippen LogP contribution is 2.26. The molecule has 0 aromatic heterocycles. The Morgan fingerprint density at radius 2 is 1.86 bits per heavy atom. The lowest BCUT2D eigenvalue weighted by Gasteiger charge is -2.33. The third-order valence-electron chi connectivity index (χ3n) is 5.25. The lowest BCUT2D eigenvalue weighted by Crippen LogP contribution is -2.50. The molecule has 0 spiro atoms. The summed E-state index contributed by atoms with van der Waals surface area (Å²) in [5, 5.41) is 3.92. The van der Waals surface area contributed by atoms with Crippen molar-refractivity contribution in [2.24, 2.45) is 17.8 Å². The lowest BCUT2D eigenvalue weighted by molar-refractivity contribution is -0.127. The van der Waals surface area contributed by atoms with E-state index in [9.17, 15) is 13.2 Å². The summed E-state index contributed by atoms with van der Waals surface area (Å²) in [6.07, 6.45) is 1.36. The minimum atomic E-state index is -3.57.